The summed E-state index contributed by atoms with van der Waals surface area (Å²) in [6, 6.07) is 11.1. The van der Waals surface area contributed by atoms with E-state index in [1.807, 2.05) is 43.3 Å². The van der Waals surface area contributed by atoms with Crippen molar-refractivity contribution in [3.8, 4) is 0 Å². The number of carbonyl (C=O) groups excluding carboxylic acids is 1. The summed E-state index contributed by atoms with van der Waals surface area (Å²) in [7, 11) is 1.50. The molecule has 0 aliphatic carbocycles. The number of methoxy groups -OCH3 is 1. The molecule has 1 amide bonds. The zero-order valence-electron chi connectivity index (χ0n) is 13.6. The molecule has 0 saturated carbocycles. The number of hydrogen-bond acceptors (Lipinski definition) is 4. The van der Waals surface area contributed by atoms with Crippen LogP contribution in [0.4, 0.5) is 0 Å². The molecule has 0 saturated heterocycles. The van der Waals surface area contributed by atoms with Gasteiger partial charge in [-0.1, -0.05) is 30.3 Å². The fourth-order valence-electron chi connectivity index (χ4n) is 2.45. The molecular formula is C17H21N3O3. The Morgan fingerprint density at radius 1 is 1.30 bits per heavy atom. The van der Waals surface area contributed by atoms with Crippen molar-refractivity contribution < 1.29 is 9.53 Å². The Bertz CT molecular complexity index is 726. The molecule has 1 aromatic heterocycles. The Morgan fingerprint density at radius 2 is 2.00 bits per heavy atom. The number of aryl methyl sites for hydroxylation is 2. The summed E-state index contributed by atoms with van der Waals surface area (Å²) in [5, 5.41) is 2.80. The number of carbonyl (C=O) groups is 1. The van der Waals surface area contributed by atoms with E-state index in [4.69, 9.17) is 4.74 Å². The minimum absolute atomic E-state index is 0.232. The SMILES string of the molecule is CO[C@H](C(=O)NCCn1c(C)cc(C)nc1=O)c1ccccc1. The molecule has 23 heavy (non-hydrogen) atoms. The maximum absolute atomic E-state index is 12.2. The van der Waals surface area contributed by atoms with Gasteiger partial charge in [-0.25, -0.2) is 4.79 Å². The van der Waals surface area contributed by atoms with Gasteiger partial charge in [0, 0.05) is 31.6 Å². The van der Waals surface area contributed by atoms with Crippen LogP contribution >= 0.6 is 0 Å². The summed E-state index contributed by atoms with van der Waals surface area (Å²) in [6.45, 7) is 4.33. The van der Waals surface area contributed by atoms with E-state index in [0.29, 0.717) is 18.8 Å². The lowest BCUT2D eigenvalue weighted by Crippen LogP contribution is -2.35. The van der Waals surface area contributed by atoms with E-state index in [1.54, 1.807) is 6.92 Å². The van der Waals surface area contributed by atoms with Crippen LogP contribution in [-0.4, -0.2) is 29.1 Å². The number of amides is 1. The molecule has 1 N–H and O–H groups in total. The molecule has 0 aliphatic rings. The third-order valence-corrected chi connectivity index (χ3v) is 3.56. The largest absolute Gasteiger partial charge is 0.367 e. The van der Waals surface area contributed by atoms with Crippen LogP contribution in [0.3, 0.4) is 0 Å². The maximum Gasteiger partial charge on any atom is 0.348 e. The molecule has 1 aromatic carbocycles. The van der Waals surface area contributed by atoms with Gasteiger partial charge in [-0.3, -0.25) is 9.36 Å². The van der Waals surface area contributed by atoms with Gasteiger partial charge in [0.2, 0.25) is 0 Å². The Hall–Kier alpha value is -2.47. The number of rotatable bonds is 6. The van der Waals surface area contributed by atoms with E-state index in [0.717, 1.165) is 11.3 Å². The summed E-state index contributed by atoms with van der Waals surface area (Å²) in [5.41, 5.74) is 2.00. The van der Waals surface area contributed by atoms with E-state index in [-0.39, 0.29) is 11.6 Å². The molecule has 0 fully saturated rings. The van der Waals surface area contributed by atoms with Crippen molar-refractivity contribution in [1.82, 2.24) is 14.9 Å². The number of benzene rings is 1. The monoisotopic (exact) mass is 315 g/mol. The first-order valence-corrected chi connectivity index (χ1v) is 7.43. The van der Waals surface area contributed by atoms with Crippen LogP contribution in [0, 0.1) is 13.8 Å². The summed E-state index contributed by atoms with van der Waals surface area (Å²) in [6.07, 6.45) is -0.662. The molecule has 0 aliphatic heterocycles. The molecule has 0 unspecified atom stereocenters. The highest BCUT2D eigenvalue weighted by atomic mass is 16.5. The molecule has 6 heteroatoms. The second-order valence-electron chi connectivity index (χ2n) is 5.29. The first-order valence-electron chi connectivity index (χ1n) is 7.43. The highest BCUT2D eigenvalue weighted by molar-refractivity contribution is 5.82. The Labute approximate surface area is 135 Å². The predicted molar refractivity (Wildman–Crippen MR) is 87.2 cm³/mol. The van der Waals surface area contributed by atoms with Gasteiger partial charge < -0.3 is 10.1 Å². The van der Waals surface area contributed by atoms with E-state index >= 15 is 0 Å². The van der Waals surface area contributed by atoms with Crippen LogP contribution in [0.15, 0.2) is 41.2 Å². The molecule has 1 heterocycles. The second-order valence-corrected chi connectivity index (χ2v) is 5.29. The number of nitrogens with one attached hydrogen (secondary N) is 1. The van der Waals surface area contributed by atoms with Gasteiger partial charge in [0.15, 0.2) is 6.10 Å². The number of aromatic nitrogens is 2. The minimum atomic E-state index is -0.662. The van der Waals surface area contributed by atoms with Crippen molar-refractivity contribution in [2.75, 3.05) is 13.7 Å². The van der Waals surface area contributed by atoms with Crippen molar-refractivity contribution >= 4 is 5.91 Å². The molecule has 122 valence electrons. The fourth-order valence-corrected chi connectivity index (χ4v) is 2.45. The number of hydrogen-bond donors (Lipinski definition) is 1. The number of nitrogens with zero attached hydrogens (tertiary/aromatic N) is 2. The normalized spacial score (nSPS) is 12.0. The maximum atomic E-state index is 12.2. The molecule has 6 nitrogen and oxygen atoms in total. The Kier molecular flexibility index (Phi) is 5.65. The zero-order valence-corrected chi connectivity index (χ0v) is 13.6. The highest BCUT2D eigenvalue weighted by Crippen LogP contribution is 2.15. The summed E-state index contributed by atoms with van der Waals surface area (Å²) < 4.78 is 6.81. The van der Waals surface area contributed by atoms with Crippen LogP contribution in [0.5, 0.6) is 0 Å². The molecule has 0 radical (unpaired) electrons. The third kappa shape index (κ3) is 4.26. The average molecular weight is 315 g/mol. The van der Waals surface area contributed by atoms with Crippen molar-refractivity contribution in [1.29, 1.82) is 0 Å². The topological polar surface area (TPSA) is 73.2 Å². The molecule has 2 rings (SSSR count). The van der Waals surface area contributed by atoms with Gasteiger partial charge in [-0.15, -0.1) is 0 Å². The summed E-state index contributed by atoms with van der Waals surface area (Å²) in [5.74, 6) is -0.232. The molecule has 2 aromatic rings. The number of ether oxygens (including phenoxy) is 1. The predicted octanol–water partition coefficient (Wildman–Crippen LogP) is 1.36. The summed E-state index contributed by atoms with van der Waals surface area (Å²) in [4.78, 5) is 28.0. The van der Waals surface area contributed by atoms with Crippen molar-refractivity contribution in [3.05, 3.63) is 63.8 Å². The fraction of sp³-hybridized carbons (Fsp3) is 0.353. The molecule has 0 spiro atoms. The van der Waals surface area contributed by atoms with Crippen LogP contribution in [0.1, 0.15) is 23.1 Å². The van der Waals surface area contributed by atoms with Crippen LogP contribution < -0.4 is 11.0 Å². The van der Waals surface area contributed by atoms with E-state index in [1.165, 1.54) is 11.7 Å². The van der Waals surface area contributed by atoms with Crippen LogP contribution in [-0.2, 0) is 16.1 Å². The minimum Gasteiger partial charge on any atom is -0.367 e. The van der Waals surface area contributed by atoms with Crippen LogP contribution in [0.2, 0.25) is 0 Å². The lowest BCUT2D eigenvalue weighted by molar-refractivity contribution is -0.131. The lowest BCUT2D eigenvalue weighted by Gasteiger charge is -2.16. The summed E-state index contributed by atoms with van der Waals surface area (Å²) >= 11 is 0. The zero-order chi connectivity index (χ0) is 16.8. The van der Waals surface area contributed by atoms with Gasteiger partial charge in [0.1, 0.15) is 0 Å². The van der Waals surface area contributed by atoms with Crippen molar-refractivity contribution in [3.63, 3.8) is 0 Å². The average Bonchev–Trinajstić information content (AvgIpc) is 2.51. The van der Waals surface area contributed by atoms with Gasteiger partial charge in [0.05, 0.1) is 0 Å². The van der Waals surface area contributed by atoms with Crippen molar-refractivity contribution in [2.45, 2.75) is 26.5 Å². The molecular weight excluding hydrogens is 294 g/mol. The Balaban J connectivity index is 1.98. The van der Waals surface area contributed by atoms with Gasteiger partial charge in [-0.05, 0) is 25.5 Å². The highest BCUT2D eigenvalue weighted by Gasteiger charge is 2.19. The standard InChI is InChI=1S/C17H21N3O3/c1-12-11-13(2)20(17(22)19-12)10-9-18-16(21)15(23-3)14-7-5-4-6-8-14/h4-8,11,15H,9-10H2,1-3H3,(H,18,21)/t15-/m0/s1. The quantitative estimate of drug-likeness (QED) is 0.873. The van der Waals surface area contributed by atoms with Gasteiger partial charge >= 0.3 is 5.69 Å². The molecule has 0 bridgehead atoms. The molecule has 1 atom stereocenters. The first kappa shape index (κ1) is 16.9. The van der Waals surface area contributed by atoms with Crippen molar-refractivity contribution in [2.24, 2.45) is 0 Å². The van der Waals surface area contributed by atoms with E-state index in [9.17, 15) is 9.59 Å². The second kappa shape index (κ2) is 7.69. The smallest absolute Gasteiger partial charge is 0.348 e. The van der Waals surface area contributed by atoms with E-state index in [2.05, 4.69) is 10.3 Å². The third-order valence-electron chi connectivity index (χ3n) is 3.56. The Morgan fingerprint density at radius 3 is 2.61 bits per heavy atom. The van der Waals surface area contributed by atoms with E-state index < -0.39 is 6.10 Å². The first-order chi connectivity index (χ1) is 11.0. The van der Waals surface area contributed by atoms with Gasteiger partial charge in [0.25, 0.3) is 5.91 Å². The lowest BCUT2D eigenvalue weighted by atomic mass is 10.1. The van der Waals surface area contributed by atoms with Crippen LogP contribution in [0.25, 0.3) is 0 Å². The van der Waals surface area contributed by atoms with Gasteiger partial charge in [-0.2, -0.15) is 4.98 Å².